The number of hydrogen-bond donors (Lipinski definition) is 1. The molecule has 0 radical (unpaired) electrons. The van der Waals surface area contributed by atoms with Crippen molar-refractivity contribution in [1.82, 2.24) is 9.62 Å². The number of esters is 1. The van der Waals surface area contributed by atoms with Gasteiger partial charge < -0.3 is 10.1 Å². The van der Waals surface area contributed by atoms with E-state index < -0.39 is 49.8 Å². The number of nitrogens with one attached hydrogen (secondary N) is 1. The van der Waals surface area contributed by atoms with Crippen LogP contribution in [0.3, 0.4) is 0 Å². The Morgan fingerprint density at radius 1 is 1.13 bits per heavy atom. The van der Waals surface area contributed by atoms with Gasteiger partial charge in [0.2, 0.25) is 10.0 Å². The predicted molar refractivity (Wildman–Crippen MR) is 113 cm³/mol. The number of sulfonamides is 1. The van der Waals surface area contributed by atoms with Crippen molar-refractivity contribution in [3.05, 3.63) is 29.8 Å². The monoisotopic (exact) mass is 472 g/mol. The largest absolute Gasteiger partial charge is 0.452 e. The average Bonchev–Trinajstić information content (AvgIpc) is 3.06. The summed E-state index contributed by atoms with van der Waals surface area (Å²) in [6, 6.07) is 6.16. The zero-order valence-corrected chi connectivity index (χ0v) is 19.2. The average molecular weight is 473 g/mol. The first kappa shape index (κ1) is 23.7. The number of aryl methyl sites for hydroxylation is 1. The number of piperidine rings is 1. The summed E-state index contributed by atoms with van der Waals surface area (Å²) < 4.78 is 55.1. The smallest absolute Gasteiger partial charge is 0.309 e. The Labute approximate surface area is 183 Å². The molecule has 0 saturated carbocycles. The molecule has 2 aliphatic rings. The molecule has 0 unspecified atom stereocenters. The number of nitrogens with zero attached hydrogens (tertiary/aromatic N) is 1. The van der Waals surface area contributed by atoms with Gasteiger partial charge in [0.1, 0.15) is 0 Å². The van der Waals surface area contributed by atoms with Gasteiger partial charge in [-0.2, -0.15) is 4.31 Å². The Hall–Kier alpha value is -1.98. The van der Waals surface area contributed by atoms with Crippen LogP contribution in [0.5, 0.6) is 0 Å². The number of benzene rings is 1. The topological polar surface area (TPSA) is 127 Å². The fraction of sp³-hybridized carbons (Fsp3) is 0.600. The quantitative estimate of drug-likeness (QED) is 0.602. The van der Waals surface area contributed by atoms with Gasteiger partial charge in [0, 0.05) is 19.1 Å². The zero-order chi connectivity index (χ0) is 22.8. The molecule has 2 atom stereocenters. The molecule has 2 saturated heterocycles. The van der Waals surface area contributed by atoms with E-state index in [-0.39, 0.29) is 29.5 Å². The molecule has 1 N–H and O–H groups in total. The normalized spacial score (nSPS) is 23.2. The summed E-state index contributed by atoms with van der Waals surface area (Å²) in [6.07, 6.45) is -0.0916. The van der Waals surface area contributed by atoms with E-state index in [4.69, 9.17) is 4.74 Å². The van der Waals surface area contributed by atoms with Crippen LogP contribution < -0.4 is 5.32 Å². The third kappa shape index (κ3) is 5.83. The first-order valence-electron chi connectivity index (χ1n) is 10.3. The number of amides is 1. The Morgan fingerprint density at radius 2 is 1.74 bits per heavy atom. The van der Waals surface area contributed by atoms with Gasteiger partial charge in [-0.05, 0) is 45.2 Å². The van der Waals surface area contributed by atoms with Crippen LogP contribution in [0.15, 0.2) is 29.2 Å². The molecule has 31 heavy (non-hydrogen) atoms. The fourth-order valence-corrected chi connectivity index (χ4v) is 6.89. The van der Waals surface area contributed by atoms with Gasteiger partial charge in [-0.15, -0.1) is 0 Å². The van der Waals surface area contributed by atoms with Crippen molar-refractivity contribution < 1.29 is 31.2 Å². The second-order valence-electron chi connectivity index (χ2n) is 8.18. The van der Waals surface area contributed by atoms with E-state index >= 15 is 0 Å². The molecule has 2 heterocycles. The molecular formula is C20H28N2O7S2. The van der Waals surface area contributed by atoms with E-state index in [0.717, 1.165) is 5.56 Å². The zero-order valence-electron chi connectivity index (χ0n) is 17.6. The van der Waals surface area contributed by atoms with Crippen LogP contribution in [-0.4, -0.2) is 69.8 Å². The van der Waals surface area contributed by atoms with Crippen LogP contribution in [0, 0.1) is 12.8 Å². The lowest BCUT2D eigenvalue weighted by Gasteiger charge is -2.30. The van der Waals surface area contributed by atoms with Crippen molar-refractivity contribution in [2.45, 2.75) is 50.2 Å². The minimum atomic E-state index is -3.62. The lowest BCUT2D eigenvalue weighted by atomic mass is 9.98. The predicted octanol–water partition coefficient (Wildman–Crippen LogP) is 0.631. The second kappa shape index (κ2) is 9.25. The van der Waals surface area contributed by atoms with Crippen molar-refractivity contribution in [3.63, 3.8) is 0 Å². The van der Waals surface area contributed by atoms with Crippen molar-refractivity contribution >= 4 is 31.7 Å². The van der Waals surface area contributed by atoms with E-state index in [0.29, 0.717) is 19.3 Å². The third-order valence-electron chi connectivity index (χ3n) is 5.69. The summed E-state index contributed by atoms with van der Waals surface area (Å²) in [5.74, 6) is -1.64. The molecule has 0 bridgehead atoms. The highest BCUT2D eigenvalue weighted by atomic mass is 32.2. The molecule has 2 fully saturated rings. The van der Waals surface area contributed by atoms with Gasteiger partial charge in [-0.1, -0.05) is 17.7 Å². The van der Waals surface area contributed by atoms with E-state index in [1.807, 2.05) is 6.92 Å². The maximum absolute atomic E-state index is 12.8. The maximum atomic E-state index is 12.8. The van der Waals surface area contributed by atoms with E-state index in [1.54, 1.807) is 24.3 Å². The highest BCUT2D eigenvalue weighted by Gasteiger charge is 2.35. The number of rotatable bonds is 6. The number of ether oxygens (including phenoxy) is 1. The van der Waals surface area contributed by atoms with Crippen molar-refractivity contribution in [2.75, 3.05) is 24.6 Å². The van der Waals surface area contributed by atoms with E-state index in [9.17, 15) is 26.4 Å². The minimum Gasteiger partial charge on any atom is -0.452 e. The number of hydrogen-bond acceptors (Lipinski definition) is 7. The SMILES string of the molecule is Cc1ccc(S(=O)(=O)N2CCC(C(=O)O[C@@H](C)C(=O)N[C@@H]3CCS(=O)(=O)C3)CC2)cc1. The standard InChI is InChI=1S/C20H28N2O7S2/c1-14-3-5-18(6-4-14)31(27,28)22-10-7-16(8-11-22)20(24)29-15(2)19(23)21-17-9-12-30(25,26)13-17/h3-6,15-17H,7-13H2,1-2H3,(H,21,23)/t15-,17+/m0/s1. The lowest BCUT2D eigenvalue weighted by Crippen LogP contribution is -2.44. The van der Waals surface area contributed by atoms with Crippen molar-refractivity contribution in [1.29, 1.82) is 0 Å². The van der Waals surface area contributed by atoms with Gasteiger partial charge >= 0.3 is 5.97 Å². The number of carbonyl (C=O) groups is 2. The van der Waals surface area contributed by atoms with E-state index in [2.05, 4.69) is 5.32 Å². The summed E-state index contributed by atoms with van der Waals surface area (Å²) in [4.78, 5) is 24.9. The van der Waals surface area contributed by atoms with E-state index in [1.165, 1.54) is 11.2 Å². The summed E-state index contributed by atoms with van der Waals surface area (Å²) in [5.41, 5.74) is 0.966. The highest BCUT2D eigenvalue weighted by Crippen LogP contribution is 2.25. The van der Waals surface area contributed by atoms with Crippen LogP contribution in [0.1, 0.15) is 31.7 Å². The van der Waals surface area contributed by atoms with Gasteiger partial charge in [0.05, 0.1) is 22.3 Å². The molecule has 3 rings (SSSR count). The molecule has 1 amide bonds. The van der Waals surface area contributed by atoms with Crippen LogP contribution in [0.25, 0.3) is 0 Å². The number of carbonyl (C=O) groups excluding carboxylic acids is 2. The van der Waals surface area contributed by atoms with Gasteiger partial charge in [0.25, 0.3) is 5.91 Å². The first-order chi connectivity index (χ1) is 14.5. The van der Waals surface area contributed by atoms with Crippen molar-refractivity contribution in [3.8, 4) is 0 Å². The summed E-state index contributed by atoms with van der Waals surface area (Å²) in [7, 11) is -6.74. The molecule has 172 valence electrons. The molecule has 9 nitrogen and oxygen atoms in total. The summed E-state index contributed by atoms with van der Waals surface area (Å²) >= 11 is 0. The van der Waals surface area contributed by atoms with Gasteiger partial charge in [-0.25, -0.2) is 16.8 Å². The van der Waals surface area contributed by atoms with Crippen LogP contribution >= 0.6 is 0 Å². The Morgan fingerprint density at radius 3 is 2.29 bits per heavy atom. The van der Waals surface area contributed by atoms with Crippen LogP contribution in [0.2, 0.25) is 0 Å². The van der Waals surface area contributed by atoms with Gasteiger partial charge in [0.15, 0.2) is 15.9 Å². The van der Waals surface area contributed by atoms with Gasteiger partial charge in [-0.3, -0.25) is 9.59 Å². The fourth-order valence-electron chi connectivity index (χ4n) is 3.74. The molecule has 0 aromatic heterocycles. The lowest BCUT2D eigenvalue weighted by molar-refractivity contribution is -0.160. The maximum Gasteiger partial charge on any atom is 0.309 e. The molecule has 1 aromatic rings. The molecule has 0 aliphatic carbocycles. The second-order valence-corrected chi connectivity index (χ2v) is 12.3. The Balaban J connectivity index is 1.49. The Bertz CT molecular complexity index is 1030. The molecule has 11 heteroatoms. The Kier molecular flexibility index (Phi) is 7.07. The van der Waals surface area contributed by atoms with Crippen LogP contribution in [-0.2, 0) is 34.2 Å². The molecule has 2 aliphatic heterocycles. The third-order valence-corrected chi connectivity index (χ3v) is 9.37. The highest BCUT2D eigenvalue weighted by molar-refractivity contribution is 7.91. The molecule has 0 spiro atoms. The molecular weight excluding hydrogens is 444 g/mol. The van der Waals surface area contributed by atoms with Crippen molar-refractivity contribution in [2.24, 2.45) is 5.92 Å². The van der Waals surface area contributed by atoms with Crippen LogP contribution in [0.4, 0.5) is 0 Å². The summed E-state index contributed by atoms with van der Waals surface area (Å²) in [6.45, 7) is 3.70. The summed E-state index contributed by atoms with van der Waals surface area (Å²) in [5, 5.41) is 2.61. The molecule has 1 aromatic carbocycles. The number of sulfone groups is 1. The minimum absolute atomic E-state index is 0.0379. The first-order valence-corrected chi connectivity index (χ1v) is 13.5.